The fraction of sp³-hybridized carbons (Fsp3) is 0.569. The predicted octanol–water partition coefficient (Wildman–Crippen LogP) is 3.94. The lowest BCUT2D eigenvalue weighted by atomic mass is 9.94. The third-order valence-electron chi connectivity index (χ3n) is 12.5. The van der Waals surface area contributed by atoms with Crippen molar-refractivity contribution in [3.63, 3.8) is 0 Å². The summed E-state index contributed by atoms with van der Waals surface area (Å²) in [5, 5.41) is 31.5. The third-order valence-corrected chi connectivity index (χ3v) is 12.5. The number of rotatable bonds is 31. The smallest absolute Gasteiger partial charge is 0.326 e. The molecule has 4 rings (SSSR count). The average Bonchev–Trinajstić information content (AvgIpc) is 3.67. The molecule has 2 aromatic carbocycles. The summed E-state index contributed by atoms with van der Waals surface area (Å²) in [4.78, 5) is 107. The highest BCUT2D eigenvalue weighted by molar-refractivity contribution is 5.96. The summed E-state index contributed by atoms with van der Waals surface area (Å²) >= 11 is 0. The van der Waals surface area contributed by atoms with E-state index in [2.05, 4.69) is 26.3 Å². The van der Waals surface area contributed by atoms with Crippen LogP contribution in [0.1, 0.15) is 140 Å². The van der Waals surface area contributed by atoms with Crippen LogP contribution in [0, 0.1) is 5.92 Å². The molecule has 0 fully saturated rings. The molecule has 1 aliphatic heterocycles. The quantitative estimate of drug-likeness (QED) is 0.0419. The lowest BCUT2D eigenvalue weighted by Gasteiger charge is -2.37. The van der Waals surface area contributed by atoms with Crippen LogP contribution in [0.15, 0.2) is 54.6 Å². The van der Waals surface area contributed by atoms with E-state index in [1.54, 1.807) is 30.3 Å². The summed E-state index contributed by atoms with van der Waals surface area (Å²) < 4.78 is 0. The lowest BCUT2D eigenvalue weighted by Crippen LogP contribution is -2.60. The van der Waals surface area contributed by atoms with Crippen molar-refractivity contribution in [1.82, 2.24) is 31.2 Å². The summed E-state index contributed by atoms with van der Waals surface area (Å²) in [5.74, 6) is -5.44. The number of carboxylic acid groups (broad SMARTS) is 1. The number of para-hydroxylation sites is 1. The molecule has 18 nitrogen and oxygen atoms in total. The predicted molar refractivity (Wildman–Crippen MR) is 261 cm³/mol. The number of aliphatic hydroxyl groups is 1. The Morgan fingerprint density at radius 2 is 1.22 bits per heavy atom. The van der Waals surface area contributed by atoms with Crippen LogP contribution < -0.4 is 32.7 Å². The van der Waals surface area contributed by atoms with Gasteiger partial charge in [0.05, 0.1) is 19.1 Å². The average molecular weight is 959 g/mol. The highest BCUT2D eigenvalue weighted by atomic mass is 16.4. The van der Waals surface area contributed by atoms with Gasteiger partial charge in [-0.3, -0.25) is 33.6 Å². The zero-order valence-corrected chi connectivity index (χ0v) is 40.4. The van der Waals surface area contributed by atoms with Crippen LogP contribution in [0.5, 0.6) is 0 Å². The number of aromatic amines is 1. The number of carboxylic acids is 1. The Kier molecular flexibility index (Phi) is 22.6. The van der Waals surface area contributed by atoms with Crippen molar-refractivity contribution in [3.05, 3.63) is 71.4 Å². The molecule has 1 unspecified atom stereocenters. The molecule has 378 valence electrons. The van der Waals surface area contributed by atoms with Gasteiger partial charge in [-0.25, -0.2) is 4.79 Å². The Labute approximate surface area is 404 Å². The van der Waals surface area contributed by atoms with E-state index in [0.717, 1.165) is 86.4 Å². The van der Waals surface area contributed by atoms with Crippen molar-refractivity contribution in [2.75, 3.05) is 0 Å². The number of hydrogen-bond acceptors (Lipinski definition) is 9. The Balaban J connectivity index is 1.08. The van der Waals surface area contributed by atoms with Crippen molar-refractivity contribution in [2.45, 2.75) is 179 Å². The van der Waals surface area contributed by atoms with Gasteiger partial charge in [-0.2, -0.15) is 0 Å². The van der Waals surface area contributed by atoms with E-state index in [-0.39, 0.29) is 50.5 Å². The zero-order chi connectivity index (χ0) is 50.5. The van der Waals surface area contributed by atoms with Gasteiger partial charge in [0, 0.05) is 42.3 Å². The molecule has 0 saturated heterocycles. The lowest BCUT2D eigenvalue weighted by molar-refractivity contribution is -0.144. The van der Waals surface area contributed by atoms with Crippen molar-refractivity contribution in [3.8, 4) is 0 Å². The topological polar surface area (TPSA) is 296 Å². The standard InChI is InChI=1S/C51H74N8O10/c1-32(2)27-39(50(67)59-31-41-36(29-42(59)47(53)64)35-23-19-20-24-37(35)54-41)56-49(66)46(33(3)60)58-45(63)26-18-13-11-9-7-5-4-6-8-10-12-17-25-44(62)55-38(30-43(52)61)48(65)57-40(51(68)69)28-34-21-15-14-16-22-34/h14-16,19-24,32-33,38-40,42,46,54,60H,4-13,17-18,25-31H2,1-3H3,(H2,52,61)(H2,53,64)(H,55,62)(H,56,66)(H,57,65)(H,58,63)(H,68,69)/t33-,38+,39+,40+,42?,46+/m1/s1. The van der Waals surface area contributed by atoms with E-state index in [1.165, 1.54) is 11.8 Å². The van der Waals surface area contributed by atoms with Crippen LogP contribution in [0.3, 0.4) is 0 Å². The van der Waals surface area contributed by atoms with Crippen LogP contribution >= 0.6 is 0 Å². The van der Waals surface area contributed by atoms with Crippen LogP contribution in [-0.2, 0) is 57.7 Å². The van der Waals surface area contributed by atoms with Gasteiger partial charge in [-0.15, -0.1) is 0 Å². The van der Waals surface area contributed by atoms with Gasteiger partial charge in [-0.05, 0) is 49.3 Å². The number of primary amides is 2. The first kappa shape index (κ1) is 55.3. The molecule has 0 radical (unpaired) electrons. The molecule has 18 heteroatoms. The molecule has 0 bridgehead atoms. The fourth-order valence-electron chi connectivity index (χ4n) is 8.84. The number of carbonyl (C=O) groups is 8. The van der Waals surface area contributed by atoms with E-state index in [9.17, 15) is 48.6 Å². The number of nitrogens with one attached hydrogen (secondary N) is 5. The van der Waals surface area contributed by atoms with Crippen LogP contribution in [0.2, 0.25) is 0 Å². The Morgan fingerprint density at radius 1 is 0.681 bits per heavy atom. The minimum absolute atomic E-state index is 0.0113. The highest BCUT2D eigenvalue weighted by Gasteiger charge is 2.40. The number of benzene rings is 2. The maximum absolute atomic E-state index is 14.1. The maximum atomic E-state index is 14.1. The molecule has 0 aliphatic carbocycles. The number of H-pyrrole nitrogens is 1. The molecule has 69 heavy (non-hydrogen) atoms. The highest BCUT2D eigenvalue weighted by Crippen LogP contribution is 2.31. The number of fused-ring (bicyclic) bond motifs is 3. The second-order valence-corrected chi connectivity index (χ2v) is 18.8. The van der Waals surface area contributed by atoms with Gasteiger partial charge in [0.1, 0.15) is 30.2 Å². The first-order valence-electron chi connectivity index (χ1n) is 24.6. The summed E-state index contributed by atoms with van der Waals surface area (Å²) in [6.45, 7) is 5.33. The first-order chi connectivity index (χ1) is 32.9. The van der Waals surface area contributed by atoms with E-state index < -0.39 is 84.1 Å². The van der Waals surface area contributed by atoms with Gasteiger partial charge in [0.2, 0.25) is 41.4 Å². The molecule has 3 aromatic rings. The molecule has 7 amide bonds. The first-order valence-corrected chi connectivity index (χ1v) is 24.6. The van der Waals surface area contributed by atoms with Gasteiger partial charge in [-0.1, -0.05) is 127 Å². The van der Waals surface area contributed by atoms with Crippen molar-refractivity contribution in [1.29, 1.82) is 0 Å². The largest absolute Gasteiger partial charge is 0.480 e. The minimum Gasteiger partial charge on any atom is -0.480 e. The Bertz CT molecular complexity index is 2190. The number of nitrogens with zero attached hydrogens (tertiary/aromatic N) is 1. The molecule has 11 N–H and O–H groups in total. The van der Waals surface area contributed by atoms with E-state index in [4.69, 9.17) is 11.5 Å². The van der Waals surface area contributed by atoms with Gasteiger partial charge >= 0.3 is 5.97 Å². The Morgan fingerprint density at radius 3 is 1.75 bits per heavy atom. The SMILES string of the molecule is CC(C)C[C@H](NC(=O)[C@@H](NC(=O)CCCCCCCCCCCCCCC(=O)N[C@@H](CC(N)=O)C(=O)N[C@@H](Cc1ccccc1)C(=O)O)[C@@H](C)O)C(=O)N1Cc2[nH]c3ccccc3c2CC1C(N)=O. The number of nitrogens with two attached hydrogens (primary N) is 2. The molecule has 1 aromatic heterocycles. The molecule has 6 atom stereocenters. The number of aliphatic hydroxyl groups excluding tert-OH is 1. The van der Waals surface area contributed by atoms with Crippen molar-refractivity contribution >= 4 is 58.2 Å². The van der Waals surface area contributed by atoms with Crippen molar-refractivity contribution < 1.29 is 48.6 Å². The number of aliphatic carboxylic acids is 1. The molecule has 0 spiro atoms. The summed E-state index contributed by atoms with van der Waals surface area (Å²) in [6, 6.07) is 10.7. The minimum atomic E-state index is -1.28. The molecule has 1 aliphatic rings. The second-order valence-electron chi connectivity index (χ2n) is 18.8. The zero-order valence-electron chi connectivity index (χ0n) is 40.4. The van der Waals surface area contributed by atoms with E-state index in [1.807, 2.05) is 38.1 Å². The van der Waals surface area contributed by atoms with Gasteiger partial charge in [0.15, 0.2) is 0 Å². The van der Waals surface area contributed by atoms with Gasteiger partial charge in [0.25, 0.3) is 0 Å². The third kappa shape index (κ3) is 18.3. The van der Waals surface area contributed by atoms with Crippen molar-refractivity contribution in [2.24, 2.45) is 17.4 Å². The summed E-state index contributed by atoms with van der Waals surface area (Å²) in [6.07, 6.45) is 10.3. The molecule has 2 heterocycles. The number of amides is 7. The summed E-state index contributed by atoms with van der Waals surface area (Å²) in [5.41, 5.74) is 14.5. The number of hydrogen-bond donors (Lipinski definition) is 9. The Hall–Kier alpha value is -6.30. The molecule has 0 saturated carbocycles. The molecular weight excluding hydrogens is 885 g/mol. The van der Waals surface area contributed by atoms with E-state index >= 15 is 0 Å². The maximum Gasteiger partial charge on any atom is 0.326 e. The normalized spacial score (nSPS) is 15.6. The van der Waals surface area contributed by atoms with Crippen LogP contribution in [0.4, 0.5) is 0 Å². The molecular formula is C51H74N8O10. The van der Waals surface area contributed by atoms with Crippen LogP contribution in [0.25, 0.3) is 10.9 Å². The summed E-state index contributed by atoms with van der Waals surface area (Å²) in [7, 11) is 0. The number of aromatic nitrogens is 1. The van der Waals surface area contributed by atoms with E-state index in [0.29, 0.717) is 18.4 Å². The number of carbonyl (C=O) groups excluding carboxylic acids is 7. The monoisotopic (exact) mass is 959 g/mol. The fourth-order valence-corrected chi connectivity index (χ4v) is 8.84. The van der Waals surface area contributed by atoms with Gasteiger partial charge < -0.3 is 52.8 Å². The van der Waals surface area contributed by atoms with Crippen LogP contribution in [-0.4, -0.2) is 104 Å². The number of unbranched alkanes of at least 4 members (excludes halogenated alkanes) is 11. The second kappa shape index (κ2) is 28.3.